The van der Waals surface area contributed by atoms with Gasteiger partial charge in [0.2, 0.25) is 0 Å². The van der Waals surface area contributed by atoms with Gasteiger partial charge >= 0.3 is 0 Å². The van der Waals surface area contributed by atoms with Crippen LogP contribution in [-0.4, -0.2) is 16.8 Å². The third-order valence-electron chi connectivity index (χ3n) is 4.49. The molecule has 1 amide bonds. The number of furan rings is 1. The Kier molecular flexibility index (Phi) is 4.29. The third-order valence-corrected chi connectivity index (χ3v) is 4.49. The minimum Gasteiger partial charge on any atom is -0.451 e. The lowest BCUT2D eigenvalue weighted by Gasteiger charge is -2.21. The second-order valence-electron chi connectivity index (χ2n) is 6.43. The lowest BCUT2D eigenvalue weighted by atomic mass is 10.2. The van der Waals surface area contributed by atoms with E-state index in [9.17, 15) is 13.6 Å². The predicted molar refractivity (Wildman–Crippen MR) is 93.4 cm³/mol. The number of carbonyl (C=O) groups excluding carboxylic acids is 1. The van der Waals surface area contributed by atoms with Crippen molar-refractivity contribution in [3.63, 3.8) is 0 Å². The zero-order valence-electron chi connectivity index (χ0n) is 14.0. The molecule has 1 fully saturated rings. The molecule has 1 heterocycles. The topological polar surface area (TPSA) is 33.5 Å². The number of hydrogen-bond donors (Lipinski definition) is 0. The Morgan fingerprint density at radius 2 is 1.73 bits per heavy atom. The van der Waals surface area contributed by atoms with Gasteiger partial charge in [-0.3, -0.25) is 4.79 Å². The summed E-state index contributed by atoms with van der Waals surface area (Å²) in [5.74, 6) is -0.217. The fourth-order valence-corrected chi connectivity index (χ4v) is 2.93. The molecule has 4 rings (SSSR count). The number of amides is 1. The highest BCUT2D eigenvalue weighted by molar-refractivity contribution is 5.92. The van der Waals surface area contributed by atoms with Gasteiger partial charge in [0.1, 0.15) is 17.4 Å². The third kappa shape index (κ3) is 3.38. The quantitative estimate of drug-likeness (QED) is 0.645. The van der Waals surface area contributed by atoms with E-state index < -0.39 is 0 Å². The van der Waals surface area contributed by atoms with Gasteiger partial charge in [0.15, 0.2) is 5.76 Å². The molecule has 0 atom stereocenters. The molecule has 26 heavy (non-hydrogen) atoms. The van der Waals surface area contributed by atoms with Crippen LogP contribution in [0.25, 0.3) is 11.3 Å². The van der Waals surface area contributed by atoms with E-state index in [0.29, 0.717) is 16.9 Å². The van der Waals surface area contributed by atoms with Crippen LogP contribution < -0.4 is 0 Å². The van der Waals surface area contributed by atoms with Crippen molar-refractivity contribution in [1.29, 1.82) is 0 Å². The van der Waals surface area contributed by atoms with E-state index in [1.54, 1.807) is 47.4 Å². The Morgan fingerprint density at radius 3 is 2.42 bits per heavy atom. The molecule has 1 aliphatic rings. The molecule has 0 radical (unpaired) electrons. The van der Waals surface area contributed by atoms with Crippen LogP contribution >= 0.6 is 0 Å². The first-order valence-electron chi connectivity index (χ1n) is 8.52. The molecule has 0 unspecified atom stereocenters. The molecule has 1 saturated carbocycles. The zero-order chi connectivity index (χ0) is 18.1. The molecule has 0 aliphatic heterocycles. The van der Waals surface area contributed by atoms with Gasteiger partial charge in [0.25, 0.3) is 5.91 Å². The highest BCUT2D eigenvalue weighted by atomic mass is 19.1. The van der Waals surface area contributed by atoms with Crippen molar-refractivity contribution in [3.8, 4) is 11.3 Å². The first-order valence-corrected chi connectivity index (χ1v) is 8.52. The molecule has 2 aromatic carbocycles. The molecule has 1 aliphatic carbocycles. The summed E-state index contributed by atoms with van der Waals surface area (Å²) >= 11 is 0. The summed E-state index contributed by atoms with van der Waals surface area (Å²) in [6, 6.07) is 15.8. The van der Waals surface area contributed by atoms with Crippen molar-refractivity contribution < 1.29 is 18.0 Å². The lowest BCUT2D eigenvalue weighted by Crippen LogP contribution is -2.32. The SMILES string of the molecule is O=C(c1ccc(-c2ccc(F)cc2)o1)N(Cc1ccccc1F)C1CC1. The number of halogens is 2. The number of benzene rings is 2. The Balaban J connectivity index is 1.57. The van der Waals surface area contributed by atoms with Gasteiger partial charge in [0.05, 0.1) is 0 Å². The average Bonchev–Trinajstić information content (AvgIpc) is 3.37. The van der Waals surface area contributed by atoms with Crippen LogP contribution in [0.4, 0.5) is 8.78 Å². The number of carbonyl (C=O) groups is 1. The number of rotatable bonds is 5. The van der Waals surface area contributed by atoms with Crippen LogP contribution in [0.5, 0.6) is 0 Å². The maximum Gasteiger partial charge on any atom is 0.290 e. The second kappa shape index (κ2) is 6.75. The van der Waals surface area contributed by atoms with E-state index in [1.165, 1.54) is 18.2 Å². The Labute approximate surface area is 149 Å². The molecular weight excluding hydrogens is 336 g/mol. The van der Waals surface area contributed by atoms with Crippen molar-refractivity contribution in [3.05, 3.63) is 83.6 Å². The second-order valence-corrected chi connectivity index (χ2v) is 6.43. The summed E-state index contributed by atoms with van der Waals surface area (Å²) in [4.78, 5) is 14.5. The van der Waals surface area contributed by atoms with E-state index in [0.717, 1.165) is 12.8 Å². The van der Waals surface area contributed by atoms with Crippen molar-refractivity contribution in [2.24, 2.45) is 0 Å². The van der Waals surface area contributed by atoms with Crippen molar-refractivity contribution >= 4 is 5.91 Å². The highest BCUT2D eigenvalue weighted by Gasteiger charge is 2.34. The van der Waals surface area contributed by atoms with Gasteiger partial charge in [-0.2, -0.15) is 0 Å². The average molecular weight is 353 g/mol. The molecule has 0 spiro atoms. The van der Waals surface area contributed by atoms with E-state index in [1.807, 2.05) is 0 Å². The molecule has 132 valence electrons. The molecule has 0 N–H and O–H groups in total. The van der Waals surface area contributed by atoms with Gasteiger partial charge in [0, 0.05) is 23.7 Å². The van der Waals surface area contributed by atoms with Gasteiger partial charge in [-0.05, 0) is 55.3 Å². The highest BCUT2D eigenvalue weighted by Crippen LogP contribution is 2.31. The summed E-state index contributed by atoms with van der Waals surface area (Å²) in [6.07, 6.45) is 1.82. The van der Waals surface area contributed by atoms with Crippen molar-refractivity contribution in [1.82, 2.24) is 4.90 Å². The molecular formula is C21H17F2NO2. The van der Waals surface area contributed by atoms with Crippen LogP contribution in [0, 0.1) is 11.6 Å². The first-order chi connectivity index (χ1) is 12.6. The minimum absolute atomic E-state index is 0.112. The monoisotopic (exact) mass is 353 g/mol. The molecule has 0 bridgehead atoms. The minimum atomic E-state index is -0.332. The maximum absolute atomic E-state index is 14.0. The molecule has 0 saturated heterocycles. The van der Waals surface area contributed by atoms with Crippen LogP contribution in [0.1, 0.15) is 29.0 Å². The van der Waals surface area contributed by atoms with Gasteiger partial charge in [-0.15, -0.1) is 0 Å². The first kappa shape index (κ1) is 16.5. The molecule has 3 aromatic rings. The standard InChI is InChI=1S/C21H17F2NO2/c22-16-7-5-14(6-8-16)19-11-12-20(26-19)21(25)24(17-9-10-17)13-15-3-1-2-4-18(15)23/h1-8,11-12,17H,9-10,13H2. The number of hydrogen-bond acceptors (Lipinski definition) is 2. The lowest BCUT2D eigenvalue weighted by molar-refractivity contribution is 0.0696. The van der Waals surface area contributed by atoms with Crippen molar-refractivity contribution in [2.75, 3.05) is 0 Å². The normalized spacial score (nSPS) is 13.6. The van der Waals surface area contributed by atoms with Gasteiger partial charge in [-0.1, -0.05) is 18.2 Å². The molecule has 1 aromatic heterocycles. The van der Waals surface area contributed by atoms with E-state index in [4.69, 9.17) is 4.42 Å². The van der Waals surface area contributed by atoms with Crippen LogP contribution in [0.3, 0.4) is 0 Å². The number of nitrogens with zero attached hydrogens (tertiary/aromatic N) is 1. The van der Waals surface area contributed by atoms with E-state index in [2.05, 4.69) is 0 Å². The van der Waals surface area contributed by atoms with Gasteiger partial charge in [-0.25, -0.2) is 8.78 Å². The summed E-state index contributed by atoms with van der Waals surface area (Å²) < 4.78 is 32.7. The summed E-state index contributed by atoms with van der Waals surface area (Å²) in [5, 5.41) is 0. The largest absolute Gasteiger partial charge is 0.451 e. The van der Waals surface area contributed by atoms with Crippen molar-refractivity contribution in [2.45, 2.75) is 25.4 Å². The van der Waals surface area contributed by atoms with Crippen LogP contribution in [0.15, 0.2) is 65.1 Å². The summed E-state index contributed by atoms with van der Waals surface area (Å²) in [7, 11) is 0. The Hall–Kier alpha value is -2.95. The smallest absolute Gasteiger partial charge is 0.290 e. The summed E-state index contributed by atoms with van der Waals surface area (Å²) in [6.45, 7) is 0.211. The predicted octanol–water partition coefficient (Wildman–Crippen LogP) is 5.03. The summed E-state index contributed by atoms with van der Waals surface area (Å²) in [5.41, 5.74) is 1.18. The maximum atomic E-state index is 14.0. The van der Waals surface area contributed by atoms with Crippen LogP contribution in [0.2, 0.25) is 0 Å². The molecule has 3 nitrogen and oxygen atoms in total. The van der Waals surface area contributed by atoms with Gasteiger partial charge < -0.3 is 9.32 Å². The fraction of sp³-hybridized carbons (Fsp3) is 0.190. The van der Waals surface area contributed by atoms with E-state index >= 15 is 0 Å². The fourth-order valence-electron chi connectivity index (χ4n) is 2.93. The van der Waals surface area contributed by atoms with Crippen LogP contribution in [-0.2, 0) is 6.54 Å². The molecule has 5 heteroatoms. The van der Waals surface area contributed by atoms with E-state index in [-0.39, 0.29) is 35.9 Å². The zero-order valence-corrected chi connectivity index (χ0v) is 14.0. The Bertz CT molecular complexity index is 929. The Morgan fingerprint density at radius 1 is 1.00 bits per heavy atom.